The molecule has 2 N–H and O–H groups in total. The molecule has 0 radical (unpaired) electrons. The predicted molar refractivity (Wildman–Crippen MR) is 82.7 cm³/mol. The number of hydrogen-bond donors (Lipinski definition) is 2. The normalized spacial score (nSPS) is 23.6. The van der Waals surface area contributed by atoms with Crippen LogP contribution in [-0.4, -0.2) is 19.8 Å². The van der Waals surface area contributed by atoms with Gasteiger partial charge in [-0.15, -0.1) is 0 Å². The fourth-order valence-electron chi connectivity index (χ4n) is 3.45. The molecule has 2 rings (SSSR count). The molecular weight excluding hydrogens is 255 g/mol. The van der Waals surface area contributed by atoms with E-state index in [9.17, 15) is 4.57 Å². The molecule has 2 fully saturated rings. The molecule has 0 aromatic heterocycles. The van der Waals surface area contributed by atoms with Crippen LogP contribution < -0.4 is 10.2 Å². The molecule has 0 aromatic carbocycles. The molecule has 3 nitrogen and oxygen atoms in total. The van der Waals surface area contributed by atoms with Gasteiger partial charge in [-0.1, -0.05) is 38.5 Å². The van der Waals surface area contributed by atoms with Crippen LogP contribution in [0.25, 0.3) is 0 Å². The first-order valence-electron chi connectivity index (χ1n) is 8.23. The van der Waals surface area contributed by atoms with Gasteiger partial charge in [-0.25, -0.2) is 0 Å². The van der Waals surface area contributed by atoms with Crippen molar-refractivity contribution in [3.63, 3.8) is 0 Å². The first kappa shape index (κ1) is 15.5. The smallest absolute Gasteiger partial charge is 0.208 e. The third-order valence-electron chi connectivity index (χ3n) is 4.81. The SMILES string of the molecule is CP(=O)(NCC1CCCCC1)NCC1CCCCC1. The number of hydrogen-bond acceptors (Lipinski definition) is 1. The van der Waals surface area contributed by atoms with Gasteiger partial charge in [0, 0.05) is 19.8 Å². The van der Waals surface area contributed by atoms with E-state index in [2.05, 4.69) is 10.2 Å². The lowest BCUT2D eigenvalue weighted by atomic mass is 9.89. The molecule has 0 heterocycles. The minimum Gasteiger partial charge on any atom is -0.290 e. The van der Waals surface area contributed by atoms with Crippen molar-refractivity contribution in [2.45, 2.75) is 64.2 Å². The second-order valence-corrected chi connectivity index (χ2v) is 9.14. The minimum atomic E-state index is -2.33. The summed E-state index contributed by atoms with van der Waals surface area (Å²) in [6, 6.07) is 0. The highest BCUT2D eigenvalue weighted by Crippen LogP contribution is 2.34. The molecule has 0 amide bonds. The molecular formula is C15H31N2OP. The Morgan fingerprint density at radius 3 is 1.53 bits per heavy atom. The Morgan fingerprint density at radius 2 is 1.16 bits per heavy atom. The summed E-state index contributed by atoms with van der Waals surface area (Å²) in [5.74, 6) is 1.50. The Bertz CT molecular complexity index is 271. The molecule has 0 bridgehead atoms. The summed E-state index contributed by atoms with van der Waals surface area (Å²) in [4.78, 5) is 0. The maximum atomic E-state index is 12.5. The van der Waals surface area contributed by atoms with Crippen molar-refractivity contribution in [2.24, 2.45) is 11.8 Å². The lowest BCUT2D eigenvalue weighted by Crippen LogP contribution is -2.30. The van der Waals surface area contributed by atoms with E-state index < -0.39 is 7.44 Å². The van der Waals surface area contributed by atoms with Crippen LogP contribution in [0, 0.1) is 11.8 Å². The third-order valence-corrected chi connectivity index (χ3v) is 6.38. The van der Waals surface area contributed by atoms with E-state index in [0.29, 0.717) is 0 Å². The highest BCUT2D eigenvalue weighted by Gasteiger charge is 2.21. The van der Waals surface area contributed by atoms with Crippen LogP contribution in [0.5, 0.6) is 0 Å². The zero-order valence-electron chi connectivity index (χ0n) is 12.5. The van der Waals surface area contributed by atoms with E-state index in [-0.39, 0.29) is 0 Å². The van der Waals surface area contributed by atoms with E-state index in [1.807, 2.05) is 6.66 Å². The Morgan fingerprint density at radius 1 is 0.789 bits per heavy atom. The van der Waals surface area contributed by atoms with Crippen LogP contribution in [0.1, 0.15) is 64.2 Å². The topological polar surface area (TPSA) is 41.1 Å². The Balaban J connectivity index is 1.64. The summed E-state index contributed by atoms with van der Waals surface area (Å²) >= 11 is 0. The van der Waals surface area contributed by atoms with Crippen molar-refractivity contribution in [2.75, 3.05) is 19.8 Å². The summed E-state index contributed by atoms with van der Waals surface area (Å²) in [5, 5.41) is 6.63. The van der Waals surface area contributed by atoms with Gasteiger partial charge in [-0.2, -0.15) is 0 Å². The molecule has 0 unspecified atom stereocenters. The van der Waals surface area contributed by atoms with Crippen LogP contribution in [0.4, 0.5) is 0 Å². The monoisotopic (exact) mass is 286 g/mol. The maximum Gasteiger partial charge on any atom is 0.208 e. The lowest BCUT2D eigenvalue weighted by Gasteiger charge is -2.27. The second kappa shape index (κ2) is 7.81. The molecule has 112 valence electrons. The van der Waals surface area contributed by atoms with Gasteiger partial charge in [0.2, 0.25) is 7.44 Å². The largest absolute Gasteiger partial charge is 0.290 e. The van der Waals surface area contributed by atoms with E-state index in [0.717, 1.165) is 24.9 Å². The zero-order valence-corrected chi connectivity index (χ0v) is 13.4. The quantitative estimate of drug-likeness (QED) is 0.721. The molecule has 0 aliphatic heterocycles. The van der Waals surface area contributed by atoms with Gasteiger partial charge in [0.25, 0.3) is 0 Å². The van der Waals surface area contributed by atoms with Crippen LogP contribution in [0.15, 0.2) is 0 Å². The Hall–Kier alpha value is 0.150. The average molecular weight is 286 g/mol. The molecule has 0 atom stereocenters. The zero-order chi connectivity index (χ0) is 13.6. The Labute approximate surface area is 118 Å². The highest BCUT2D eigenvalue weighted by molar-refractivity contribution is 7.59. The van der Waals surface area contributed by atoms with Crippen LogP contribution in [0.2, 0.25) is 0 Å². The van der Waals surface area contributed by atoms with Crippen molar-refractivity contribution in [1.82, 2.24) is 10.2 Å². The summed E-state index contributed by atoms with van der Waals surface area (Å²) in [5.41, 5.74) is 0. The lowest BCUT2D eigenvalue weighted by molar-refractivity contribution is 0.349. The number of rotatable bonds is 6. The molecule has 4 heteroatoms. The molecule has 19 heavy (non-hydrogen) atoms. The van der Waals surface area contributed by atoms with Crippen molar-refractivity contribution in [1.29, 1.82) is 0 Å². The first-order valence-corrected chi connectivity index (χ1v) is 10.4. The summed E-state index contributed by atoms with van der Waals surface area (Å²) in [7, 11) is -2.33. The van der Waals surface area contributed by atoms with Gasteiger partial charge < -0.3 is 0 Å². The summed E-state index contributed by atoms with van der Waals surface area (Å²) in [6.45, 7) is 3.73. The van der Waals surface area contributed by atoms with E-state index in [1.165, 1.54) is 64.2 Å². The van der Waals surface area contributed by atoms with Gasteiger partial charge in [0.05, 0.1) is 0 Å². The summed E-state index contributed by atoms with van der Waals surface area (Å²) < 4.78 is 12.5. The average Bonchev–Trinajstić information content (AvgIpc) is 2.46. The van der Waals surface area contributed by atoms with Gasteiger partial charge in [0.15, 0.2) is 0 Å². The first-order chi connectivity index (χ1) is 9.16. The van der Waals surface area contributed by atoms with Gasteiger partial charge >= 0.3 is 0 Å². The molecule has 0 aromatic rings. The van der Waals surface area contributed by atoms with Crippen LogP contribution >= 0.6 is 7.44 Å². The number of nitrogens with one attached hydrogen (secondary N) is 2. The van der Waals surface area contributed by atoms with Crippen molar-refractivity contribution in [3.05, 3.63) is 0 Å². The fraction of sp³-hybridized carbons (Fsp3) is 1.00. The predicted octanol–water partition coefficient (Wildman–Crippen LogP) is 4.15. The fourth-order valence-corrected chi connectivity index (χ4v) is 4.77. The maximum absolute atomic E-state index is 12.5. The highest BCUT2D eigenvalue weighted by atomic mass is 31.2. The third kappa shape index (κ3) is 5.97. The van der Waals surface area contributed by atoms with E-state index in [4.69, 9.17) is 0 Å². The van der Waals surface area contributed by atoms with Crippen molar-refractivity contribution in [3.8, 4) is 0 Å². The van der Waals surface area contributed by atoms with E-state index >= 15 is 0 Å². The van der Waals surface area contributed by atoms with E-state index in [1.54, 1.807) is 0 Å². The molecule has 2 aliphatic rings. The molecule has 2 aliphatic carbocycles. The molecule has 0 spiro atoms. The standard InChI is InChI=1S/C15H31N2OP/c1-19(18,16-12-14-8-4-2-5-9-14)17-13-15-10-6-3-7-11-15/h14-15H,2-13H2,1H3,(H2,16,17,18). The molecule has 0 saturated heterocycles. The second-order valence-electron chi connectivity index (χ2n) is 6.66. The minimum absolute atomic E-state index is 0.749. The summed E-state index contributed by atoms with van der Waals surface area (Å²) in [6.07, 6.45) is 13.5. The molecule has 2 saturated carbocycles. The van der Waals surface area contributed by atoms with Crippen LogP contribution in [-0.2, 0) is 4.57 Å². The van der Waals surface area contributed by atoms with Gasteiger partial charge in [-0.3, -0.25) is 14.7 Å². The Kier molecular flexibility index (Phi) is 6.38. The van der Waals surface area contributed by atoms with Gasteiger partial charge in [-0.05, 0) is 37.5 Å². The van der Waals surface area contributed by atoms with Crippen LogP contribution in [0.3, 0.4) is 0 Å². The van der Waals surface area contributed by atoms with Crippen molar-refractivity contribution >= 4 is 7.44 Å². The van der Waals surface area contributed by atoms with Crippen molar-refractivity contribution < 1.29 is 4.57 Å². The van der Waals surface area contributed by atoms with Gasteiger partial charge in [0.1, 0.15) is 0 Å².